The SMILES string of the molecule is CCCNCC1(O)CCCC(C(F)(F)F)C1. The van der Waals surface area contributed by atoms with E-state index >= 15 is 0 Å². The molecule has 1 saturated carbocycles. The molecule has 0 aromatic heterocycles. The Hall–Kier alpha value is -0.290. The summed E-state index contributed by atoms with van der Waals surface area (Å²) in [5, 5.41) is 13.1. The molecule has 2 N–H and O–H groups in total. The van der Waals surface area contributed by atoms with Crippen LogP contribution in [0, 0.1) is 5.92 Å². The van der Waals surface area contributed by atoms with Crippen LogP contribution < -0.4 is 5.32 Å². The van der Waals surface area contributed by atoms with Crippen LogP contribution in [0.4, 0.5) is 13.2 Å². The molecule has 5 heteroatoms. The second-order valence-corrected chi connectivity index (χ2v) is 4.74. The van der Waals surface area contributed by atoms with Crippen LogP contribution in [0.25, 0.3) is 0 Å². The number of rotatable bonds is 4. The second-order valence-electron chi connectivity index (χ2n) is 4.74. The van der Waals surface area contributed by atoms with E-state index in [4.69, 9.17) is 0 Å². The van der Waals surface area contributed by atoms with Crippen molar-refractivity contribution in [3.63, 3.8) is 0 Å². The van der Waals surface area contributed by atoms with Crippen LogP contribution in [0.1, 0.15) is 39.0 Å². The first kappa shape index (κ1) is 13.8. The minimum atomic E-state index is -4.17. The number of alkyl halides is 3. The number of aliphatic hydroxyl groups is 1. The van der Waals surface area contributed by atoms with E-state index in [-0.39, 0.29) is 19.4 Å². The Morgan fingerprint density at radius 3 is 2.69 bits per heavy atom. The van der Waals surface area contributed by atoms with E-state index in [2.05, 4.69) is 5.32 Å². The highest BCUT2D eigenvalue weighted by atomic mass is 19.4. The van der Waals surface area contributed by atoms with Crippen molar-refractivity contribution in [2.45, 2.75) is 50.8 Å². The zero-order chi connectivity index (χ0) is 12.2. The standard InChI is InChI=1S/C11H20F3NO/c1-2-6-15-8-10(16)5-3-4-9(7-10)11(12,13)14/h9,15-16H,2-8H2,1H3. The van der Waals surface area contributed by atoms with Crippen LogP contribution in [0.2, 0.25) is 0 Å². The monoisotopic (exact) mass is 239 g/mol. The van der Waals surface area contributed by atoms with Crippen LogP contribution in [0.15, 0.2) is 0 Å². The topological polar surface area (TPSA) is 32.3 Å². The Bertz CT molecular complexity index is 220. The first-order valence-corrected chi connectivity index (χ1v) is 5.87. The fourth-order valence-electron chi connectivity index (χ4n) is 2.28. The molecule has 1 fully saturated rings. The molecule has 16 heavy (non-hydrogen) atoms. The molecule has 0 amide bonds. The van der Waals surface area contributed by atoms with E-state index in [9.17, 15) is 18.3 Å². The number of nitrogens with one attached hydrogen (secondary N) is 1. The van der Waals surface area contributed by atoms with Gasteiger partial charge in [0.2, 0.25) is 0 Å². The molecular weight excluding hydrogens is 219 g/mol. The molecule has 0 aromatic carbocycles. The molecular formula is C11H20F3NO. The first-order chi connectivity index (χ1) is 7.37. The quantitative estimate of drug-likeness (QED) is 0.739. The molecule has 0 heterocycles. The molecule has 1 rings (SSSR count). The van der Waals surface area contributed by atoms with Gasteiger partial charge in [-0.25, -0.2) is 0 Å². The van der Waals surface area contributed by atoms with E-state index < -0.39 is 17.7 Å². The Morgan fingerprint density at radius 1 is 1.44 bits per heavy atom. The van der Waals surface area contributed by atoms with Gasteiger partial charge in [0.05, 0.1) is 11.5 Å². The molecule has 0 radical (unpaired) electrons. The third kappa shape index (κ3) is 3.94. The minimum Gasteiger partial charge on any atom is -0.389 e. The fourth-order valence-corrected chi connectivity index (χ4v) is 2.28. The number of halogens is 3. The van der Waals surface area contributed by atoms with Crippen molar-refractivity contribution >= 4 is 0 Å². The van der Waals surface area contributed by atoms with Crippen molar-refractivity contribution in [3.8, 4) is 0 Å². The highest BCUT2D eigenvalue weighted by molar-refractivity contribution is 4.90. The highest BCUT2D eigenvalue weighted by Gasteiger charge is 2.46. The zero-order valence-corrected chi connectivity index (χ0v) is 9.61. The van der Waals surface area contributed by atoms with Gasteiger partial charge in [-0.05, 0) is 38.6 Å². The van der Waals surface area contributed by atoms with Crippen LogP contribution >= 0.6 is 0 Å². The molecule has 0 saturated heterocycles. The summed E-state index contributed by atoms with van der Waals surface area (Å²) in [6.45, 7) is 2.99. The van der Waals surface area contributed by atoms with E-state index in [1.807, 2.05) is 6.92 Å². The smallest absolute Gasteiger partial charge is 0.389 e. The Kier molecular flexibility index (Phi) is 4.62. The summed E-state index contributed by atoms with van der Waals surface area (Å²) >= 11 is 0. The molecule has 2 unspecified atom stereocenters. The average molecular weight is 239 g/mol. The van der Waals surface area contributed by atoms with Crippen molar-refractivity contribution in [3.05, 3.63) is 0 Å². The van der Waals surface area contributed by atoms with Crippen molar-refractivity contribution in [2.24, 2.45) is 5.92 Å². The van der Waals surface area contributed by atoms with Gasteiger partial charge in [0.25, 0.3) is 0 Å². The fraction of sp³-hybridized carbons (Fsp3) is 1.00. The molecule has 0 spiro atoms. The lowest BCUT2D eigenvalue weighted by molar-refractivity contribution is -0.199. The van der Waals surface area contributed by atoms with Gasteiger partial charge in [-0.1, -0.05) is 6.92 Å². The van der Waals surface area contributed by atoms with Gasteiger partial charge in [-0.2, -0.15) is 13.2 Å². The lowest BCUT2D eigenvalue weighted by Crippen LogP contribution is -2.47. The summed E-state index contributed by atoms with van der Waals surface area (Å²) in [6, 6.07) is 0. The van der Waals surface area contributed by atoms with Gasteiger partial charge in [-0.3, -0.25) is 0 Å². The molecule has 2 nitrogen and oxygen atoms in total. The first-order valence-electron chi connectivity index (χ1n) is 5.87. The Labute approximate surface area is 94.2 Å². The van der Waals surface area contributed by atoms with Gasteiger partial charge in [0.1, 0.15) is 0 Å². The normalized spacial score (nSPS) is 31.7. The lowest BCUT2D eigenvalue weighted by atomic mass is 9.77. The lowest BCUT2D eigenvalue weighted by Gasteiger charge is -2.37. The van der Waals surface area contributed by atoms with Crippen molar-refractivity contribution < 1.29 is 18.3 Å². The van der Waals surface area contributed by atoms with Crippen LogP contribution in [0.3, 0.4) is 0 Å². The van der Waals surface area contributed by atoms with E-state index in [0.29, 0.717) is 12.8 Å². The number of hydrogen-bond donors (Lipinski definition) is 2. The van der Waals surface area contributed by atoms with Crippen LogP contribution in [0.5, 0.6) is 0 Å². The summed E-state index contributed by atoms with van der Waals surface area (Å²) in [5.41, 5.74) is -1.17. The maximum absolute atomic E-state index is 12.5. The summed E-state index contributed by atoms with van der Waals surface area (Å²) in [7, 11) is 0. The molecule has 1 aliphatic carbocycles. The summed E-state index contributed by atoms with van der Waals surface area (Å²) in [5.74, 6) is -1.34. The number of hydrogen-bond acceptors (Lipinski definition) is 2. The van der Waals surface area contributed by atoms with E-state index in [1.165, 1.54) is 0 Å². The van der Waals surface area contributed by atoms with Gasteiger partial charge in [0.15, 0.2) is 0 Å². The van der Waals surface area contributed by atoms with Crippen molar-refractivity contribution in [1.29, 1.82) is 0 Å². The van der Waals surface area contributed by atoms with Gasteiger partial charge >= 0.3 is 6.18 Å². The van der Waals surface area contributed by atoms with E-state index in [0.717, 1.165) is 13.0 Å². The van der Waals surface area contributed by atoms with Gasteiger partial charge in [0, 0.05) is 6.54 Å². The maximum atomic E-state index is 12.5. The second kappa shape index (κ2) is 5.36. The van der Waals surface area contributed by atoms with Crippen LogP contribution in [-0.2, 0) is 0 Å². The summed E-state index contributed by atoms with van der Waals surface area (Å²) in [4.78, 5) is 0. The van der Waals surface area contributed by atoms with Crippen molar-refractivity contribution in [2.75, 3.05) is 13.1 Å². The van der Waals surface area contributed by atoms with Gasteiger partial charge < -0.3 is 10.4 Å². The molecule has 0 aliphatic heterocycles. The average Bonchev–Trinajstić information content (AvgIpc) is 2.16. The summed E-state index contributed by atoms with van der Waals surface area (Å²) in [6.07, 6.45) is -2.34. The van der Waals surface area contributed by atoms with Crippen LogP contribution in [-0.4, -0.2) is 30.0 Å². The Morgan fingerprint density at radius 2 is 2.12 bits per heavy atom. The third-order valence-electron chi connectivity index (χ3n) is 3.16. The Balaban J connectivity index is 2.48. The molecule has 2 atom stereocenters. The summed E-state index contributed by atoms with van der Waals surface area (Å²) < 4.78 is 37.6. The third-order valence-corrected chi connectivity index (χ3v) is 3.16. The highest BCUT2D eigenvalue weighted by Crippen LogP contribution is 2.41. The molecule has 1 aliphatic rings. The molecule has 0 aromatic rings. The predicted molar refractivity (Wildman–Crippen MR) is 56.1 cm³/mol. The largest absolute Gasteiger partial charge is 0.391 e. The van der Waals surface area contributed by atoms with E-state index in [1.54, 1.807) is 0 Å². The molecule has 0 bridgehead atoms. The van der Waals surface area contributed by atoms with Crippen molar-refractivity contribution in [1.82, 2.24) is 5.32 Å². The minimum absolute atomic E-state index is 0.152. The van der Waals surface area contributed by atoms with Gasteiger partial charge in [-0.15, -0.1) is 0 Å². The zero-order valence-electron chi connectivity index (χ0n) is 9.61. The molecule has 96 valence electrons. The maximum Gasteiger partial charge on any atom is 0.391 e. The predicted octanol–water partition coefficient (Wildman–Crippen LogP) is 2.47.